The zero-order chi connectivity index (χ0) is 18.3. The van der Waals surface area contributed by atoms with Crippen LogP contribution in [0.5, 0.6) is 0 Å². The molecule has 26 heavy (non-hydrogen) atoms. The van der Waals surface area contributed by atoms with Crippen LogP contribution in [0.3, 0.4) is 0 Å². The van der Waals surface area contributed by atoms with Crippen molar-refractivity contribution in [2.75, 3.05) is 0 Å². The fourth-order valence-corrected chi connectivity index (χ4v) is 3.44. The number of aryl methyl sites for hydroxylation is 1. The number of hydrogen-bond acceptors (Lipinski definition) is 2. The van der Waals surface area contributed by atoms with Crippen LogP contribution in [0.15, 0.2) is 53.5 Å². The van der Waals surface area contributed by atoms with E-state index in [1.165, 1.54) is 6.07 Å². The number of pyridine rings is 1. The fourth-order valence-electron chi connectivity index (χ4n) is 3.28. The van der Waals surface area contributed by atoms with Crippen molar-refractivity contribution in [1.29, 1.82) is 0 Å². The van der Waals surface area contributed by atoms with Gasteiger partial charge in [0.25, 0.3) is 5.56 Å². The second-order valence-corrected chi connectivity index (χ2v) is 7.12. The van der Waals surface area contributed by atoms with Gasteiger partial charge in [-0.25, -0.2) is 4.39 Å². The van der Waals surface area contributed by atoms with Gasteiger partial charge in [-0.2, -0.15) is 0 Å². The van der Waals surface area contributed by atoms with E-state index in [2.05, 4.69) is 0 Å². The van der Waals surface area contributed by atoms with Crippen molar-refractivity contribution in [1.82, 2.24) is 4.57 Å². The Kier molecular flexibility index (Phi) is 4.37. The maximum absolute atomic E-state index is 13.9. The van der Waals surface area contributed by atoms with E-state index in [1.54, 1.807) is 41.1 Å². The highest BCUT2D eigenvalue weighted by molar-refractivity contribution is 6.30. The molecule has 3 aromatic rings. The Balaban J connectivity index is 1.62. The molecule has 1 aliphatic rings. The summed E-state index contributed by atoms with van der Waals surface area (Å²) in [6.07, 6.45) is 4.28. The molecule has 0 saturated heterocycles. The molecule has 0 spiro atoms. The van der Waals surface area contributed by atoms with Crippen LogP contribution in [0.2, 0.25) is 5.02 Å². The molecule has 5 heteroatoms. The lowest BCUT2D eigenvalue weighted by Gasteiger charge is -2.09. The van der Waals surface area contributed by atoms with Crippen LogP contribution in [0.25, 0.3) is 10.8 Å². The number of hydrogen-bond donors (Lipinski definition) is 0. The molecular formula is C21H17ClFNO2. The Morgan fingerprint density at radius 2 is 1.96 bits per heavy atom. The van der Waals surface area contributed by atoms with E-state index in [4.69, 9.17) is 11.6 Å². The Labute approximate surface area is 155 Å². The van der Waals surface area contributed by atoms with Crippen molar-refractivity contribution in [2.24, 2.45) is 0 Å². The van der Waals surface area contributed by atoms with Gasteiger partial charge in [0.1, 0.15) is 5.82 Å². The summed E-state index contributed by atoms with van der Waals surface area (Å²) in [4.78, 5) is 25.3. The molecule has 0 amide bonds. The van der Waals surface area contributed by atoms with E-state index in [9.17, 15) is 14.0 Å². The molecule has 4 rings (SSSR count). The van der Waals surface area contributed by atoms with Crippen LogP contribution in [0.1, 0.15) is 41.2 Å². The van der Waals surface area contributed by atoms with Crippen molar-refractivity contribution in [3.05, 3.63) is 81.0 Å². The number of rotatable bonds is 5. The molecule has 1 fully saturated rings. The van der Waals surface area contributed by atoms with Crippen LogP contribution in [0, 0.1) is 5.82 Å². The number of benzene rings is 2. The average molecular weight is 370 g/mol. The number of carbonyl (C=O) groups excluding carboxylic acids is 1. The minimum Gasteiger partial charge on any atom is -0.312 e. The molecule has 1 aliphatic carbocycles. The van der Waals surface area contributed by atoms with Gasteiger partial charge in [-0.3, -0.25) is 9.59 Å². The highest BCUT2D eigenvalue weighted by Crippen LogP contribution is 2.34. The second kappa shape index (κ2) is 6.69. The first-order chi connectivity index (χ1) is 12.5. The van der Waals surface area contributed by atoms with Gasteiger partial charge in [-0.15, -0.1) is 0 Å². The Morgan fingerprint density at radius 3 is 2.69 bits per heavy atom. The third kappa shape index (κ3) is 3.17. The highest BCUT2D eigenvalue weighted by atomic mass is 35.5. The third-order valence-electron chi connectivity index (χ3n) is 4.85. The van der Waals surface area contributed by atoms with E-state index < -0.39 is 5.82 Å². The average Bonchev–Trinajstić information content (AvgIpc) is 3.46. The smallest absolute Gasteiger partial charge is 0.258 e. The lowest BCUT2D eigenvalue weighted by atomic mass is 9.98. The molecule has 0 atom stereocenters. The minimum absolute atomic E-state index is 0.0524. The van der Waals surface area contributed by atoms with Gasteiger partial charge < -0.3 is 4.57 Å². The van der Waals surface area contributed by atoms with E-state index in [-0.39, 0.29) is 24.2 Å². The number of halogens is 2. The predicted octanol–water partition coefficient (Wildman–Crippen LogP) is 4.94. The van der Waals surface area contributed by atoms with E-state index in [0.717, 1.165) is 12.8 Å². The number of nitrogens with zero attached hydrogens (tertiary/aromatic N) is 1. The van der Waals surface area contributed by atoms with Crippen LogP contribution in [-0.4, -0.2) is 10.4 Å². The predicted molar refractivity (Wildman–Crippen MR) is 101 cm³/mol. The molecule has 0 N–H and O–H groups in total. The second-order valence-electron chi connectivity index (χ2n) is 6.69. The SMILES string of the molecule is O=C(CCc1ccc(Cl)cc1F)c1cccc2c(=O)n(C3CC3)ccc12. The Morgan fingerprint density at radius 1 is 1.15 bits per heavy atom. The quantitative estimate of drug-likeness (QED) is 0.597. The maximum atomic E-state index is 13.9. The molecular weight excluding hydrogens is 353 g/mol. The molecule has 0 aliphatic heterocycles. The monoisotopic (exact) mass is 369 g/mol. The van der Waals surface area contributed by atoms with Crippen molar-refractivity contribution >= 4 is 28.2 Å². The molecule has 2 aromatic carbocycles. The molecule has 3 nitrogen and oxygen atoms in total. The van der Waals surface area contributed by atoms with Crippen molar-refractivity contribution in [2.45, 2.75) is 31.7 Å². The normalized spacial score (nSPS) is 13.9. The van der Waals surface area contributed by atoms with Gasteiger partial charge in [0.2, 0.25) is 0 Å². The summed E-state index contributed by atoms with van der Waals surface area (Å²) in [6.45, 7) is 0. The molecule has 1 heterocycles. The molecule has 132 valence electrons. The van der Waals surface area contributed by atoms with Crippen LogP contribution < -0.4 is 5.56 Å². The number of carbonyl (C=O) groups is 1. The van der Waals surface area contributed by atoms with Crippen LogP contribution >= 0.6 is 11.6 Å². The summed E-state index contributed by atoms with van der Waals surface area (Å²) in [5, 5.41) is 1.55. The van der Waals surface area contributed by atoms with Gasteiger partial charge in [-0.1, -0.05) is 29.8 Å². The van der Waals surface area contributed by atoms with Crippen LogP contribution in [0.4, 0.5) is 4.39 Å². The zero-order valence-corrected chi connectivity index (χ0v) is 14.8. The van der Waals surface area contributed by atoms with Crippen molar-refractivity contribution in [3.63, 3.8) is 0 Å². The molecule has 1 saturated carbocycles. The third-order valence-corrected chi connectivity index (χ3v) is 5.09. The zero-order valence-electron chi connectivity index (χ0n) is 14.0. The van der Waals surface area contributed by atoms with Gasteiger partial charge >= 0.3 is 0 Å². The Hall–Kier alpha value is -2.46. The standard InChI is InChI=1S/C21H17ClFNO2/c22-14-6-4-13(19(23)12-14)5-9-20(25)17-2-1-3-18-16(17)10-11-24(21(18)26)15-7-8-15/h1-4,6,10-12,15H,5,7-9H2. The highest BCUT2D eigenvalue weighted by Gasteiger charge is 2.25. The minimum atomic E-state index is -0.407. The molecule has 0 bridgehead atoms. The maximum Gasteiger partial charge on any atom is 0.258 e. The van der Waals surface area contributed by atoms with Crippen molar-refractivity contribution < 1.29 is 9.18 Å². The first kappa shape index (κ1) is 17.0. The number of Topliss-reactive ketones (excluding diaryl/α,β-unsaturated/α-hetero) is 1. The van der Waals surface area contributed by atoms with Gasteiger partial charge in [0, 0.05) is 34.6 Å². The van der Waals surface area contributed by atoms with Gasteiger partial charge in [0.05, 0.1) is 0 Å². The summed E-state index contributed by atoms with van der Waals surface area (Å²) in [7, 11) is 0. The summed E-state index contributed by atoms with van der Waals surface area (Å²) in [5.74, 6) is -0.510. The van der Waals surface area contributed by atoms with Gasteiger partial charge in [-0.05, 0) is 54.5 Å². The first-order valence-corrected chi connectivity index (χ1v) is 9.03. The lowest BCUT2D eigenvalue weighted by molar-refractivity contribution is 0.0984. The van der Waals surface area contributed by atoms with Crippen molar-refractivity contribution in [3.8, 4) is 0 Å². The lowest BCUT2D eigenvalue weighted by Crippen LogP contribution is -2.19. The van der Waals surface area contributed by atoms with E-state index in [1.807, 2.05) is 6.07 Å². The Bertz CT molecular complexity index is 1070. The summed E-state index contributed by atoms with van der Waals surface area (Å²) >= 11 is 5.76. The summed E-state index contributed by atoms with van der Waals surface area (Å²) in [6, 6.07) is 11.8. The van der Waals surface area contributed by atoms with E-state index >= 15 is 0 Å². The molecule has 0 radical (unpaired) electrons. The largest absolute Gasteiger partial charge is 0.312 e. The fraction of sp³-hybridized carbons (Fsp3) is 0.238. The first-order valence-electron chi connectivity index (χ1n) is 8.65. The number of aromatic nitrogens is 1. The number of ketones is 1. The summed E-state index contributed by atoms with van der Waals surface area (Å²) < 4.78 is 15.6. The molecule has 0 unspecified atom stereocenters. The number of fused-ring (bicyclic) bond motifs is 1. The molecule has 1 aromatic heterocycles. The van der Waals surface area contributed by atoms with Gasteiger partial charge in [0.15, 0.2) is 5.78 Å². The topological polar surface area (TPSA) is 39.1 Å². The van der Waals surface area contributed by atoms with Crippen LogP contribution in [-0.2, 0) is 6.42 Å². The summed E-state index contributed by atoms with van der Waals surface area (Å²) in [5.41, 5.74) is 0.916. The van der Waals surface area contributed by atoms with E-state index in [0.29, 0.717) is 33.0 Å².